The number of carbonyl (C=O) groups excluding carboxylic acids is 3. The Morgan fingerprint density at radius 2 is 2.00 bits per heavy atom. The van der Waals surface area contributed by atoms with Crippen molar-refractivity contribution in [1.82, 2.24) is 0 Å². The molecule has 8 heteroatoms. The maximum atomic E-state index is 12.3. The monoisotopic (exact) mass is 446 g/mol. The Kier molecular flexibility index (Phi) is 6.30. The van der Waals surface area contributed by atoms with Crippen LogP contribution in [0.25, 0.3) is 0 Å². The van der Waals surface area contributed by atoms with Gasteiger partial charge in [0, 0.05) is 13.0 Å². The number of nitrogens with zero attached hydrogens (tertiary/aromatic N) is 1. The Morgan fingerprint density at radius 3 is 2.68 bits per heavy atom. The van der Waals surface area contributed by atoms with Crippen LogP contribution in [0.3, 0.4) is 0 Å². The lowest BCUT2D eigenvalue weighted by Crippen LogP contribution is -2.27. The Balaban J connectivity index is 1.64. The molecule has 0 atom stereocenters. The molecule has 1 heterocycles. The molecule has 3 rings (SSSR count). The van der Waals surface area contributed by atoms with E-state index in [1.807, 2.05) is 12.1 Å². The largest absolute Gasteiger partial charge is 0.483 e. The van der Waals surface area contributed by atoms with Gasteiger partial charge in [0.1, 0.15) is 5.75 Å². The van der Waals surface area contributed by atoms with Gasteiger partial charge in [0.05, 0.1) is 28.5 Å². The van der Waals surface area contributed by atoms with Gasteiger partial charge in [-0.25, -0.2) is 4.79 Å². The van der Waals surface area contributed by atoms with E-state index >= 15 is 0 Å². The van der Waals surface area contributed by atoms with Crippen molar-refractivity contribution < 1.29 is 23.9 Å². The van der Waals surface area contributed by atoms with E-state index in [1.54, 1.807) is 35.2 Å². The Bertz CT molecular complexity index is 915. The van der Waals surface area contributed by atoms with Gasteiger partial charge < -0.3 is 19.7 Å². The molecular formula is C20H19BrN2O5. The molecule has 0 unspecified atom stereocenters. The van der Waals surface area contributed by atoms with Gasteiger partial charge in [-0.15, -0.1) is 0 Å². The second-order valence-electron chi connectivity index (χ2n) is 6.14. The van der Waals surface area contributed by atoms with Crippen LogP contribution < -0.4 is 15.0 Å². The summed E-state index contributed by atoms with van der Waals surface area (Å²) in [5.74, 6) is -0.348. The van der Waals surface area contributed by atoms with E-state index in [9.17, 15) is 14.4 Å². The summed E-state index contributed by atoms with van der Waals surface area (Å²) in [4.78, 5) is 37.6. The van der Waals surface area contributed by atoms with Gasteiger partial charge in [-0.3, -0.25) is 9.59 Å². The van der Waals surface area contributed by atoms with Crippen LogP contribution in [0.5, 0.6) is 5.75 Å². The van der Waals surface area contributed by atoms with Crippen LogP contribution in [0.2, 0.25) is 0 Å². The number of hydrogen-bond donors (Lipinski definition) is 1. The number of ether oxygens (including phenoxy) is 2. The summed E-state index contributed by atoms with van der Waals surface area (Å²) in [6.45, 7) is 0.417. The molecule has 0 spiro atoms. The number of rotatable bonds is 6. The molecule has 1 N–H and O–H groups in total. The lowest BCUT2D eigenvalue weighted by molar-refractivity contribution is -0.118. The van der Waals surface area contributed by atoms with Crippen LogP contribution in [-0.4, -0.2) is 38.0 Å². The van der Waals surface area contributed by atoms with E-state index in [2.05, 4.69) is 26.0 Å². The standard InChI is InChI=1S/C20H19BrN2O5/c1-27-20(26)13-8-9-17(14(21)11-13)28-12-18(24)22-15-5-2-3-6-16(15)23-10-4-7-19(23)25/h2-3,5-6,8-9,11H,4,7,10,12H2,1H3,(H,22,24). The van der Waals surface area contributed by atoms with Gasteiger partial charge in [0.2, 0.25) is 5.91 Å². The van der Waals surface area contributed by atoms with Crippen molar-refractivity contribution in [3.8, 4) is 5.75 Å². The minimum absolute atomic E-state index is 0.0487. The third-order valence-electron chi connectivity index (χ3n) is 4.25. The highest BCUT2D eigenvalue weighted by molar-refractivity contribution is 9.10. The third kappa shape index (κ3) is 4.51. The maximum Gasteiger partial charge on any atom is 0.337 e. The number of hydrogen-bond acceptors (Lipinski definition) is 5. The first kappa shape index (κ1) is 19.9. The Labute approximate surface area is 170 Å². The second-order valence-corrected chi connectivity index (χ2v) is 6.99. The first-order chi connectivity index (χ1) is 13.5. The highest BCUT2D eigenvalue weighted by atomic mass is 79.9. The maximum absolute atomic E-state index is 12.3. The quantitative estimate of drug-likeness (QED) is 0.687. The van der Waals surface area contributed by atoms with Crippen LogP contribution in [0.4, 0.5) is 11.4 Å². The summed E-state index contributed by atoms with van der Waals surface area (Å²) in [5.41, 5.74) is 1.61. The molecule has 1 fully saturated rings. The number of anilines is 2. The van der Waals surface area contributed by atoms with E-state index in [1.165, 1.54) is 7.11 Å². The lowest BCUT2D eigenvalue weighted by atomic mass is 10.2. The molecule has 0 aromatic heterocycles. The SMILES string of the molecule is COC(=O)c1ccc(OCC(=O)Nc2ccccc2N2CCCC2=O)c(Br)c1. The first-order valence-electron chi connectivity index (χ1n) is 8.69. The number of esters is 1. The first-order valence-corrected chi connectivity index (χ1v) is 9.49. The summed E-state index contributed by atoms with van der Waals surface area (Å²) in [7, 11) is 1.30. The molecule has 1 saturated heterocycles. The van der Waals surface area contributed by atoms with Gasteiger partial charge in [-0.1, -0.05) is 12.1 Å². The van der Waals surface area contributed by atoms with Gasteiger partial charge in [-0.2, -0.15) is 0 Å². The molecule has 0 aliphatic carbocycles. The van der Waals surface area contributed by atoms with E-state index in [0.29, 0.717) is 40.1 Å². The van der Waals surface area contributed by atoms with Crippen molar-refractivity contribution in [2.45, 2.75) is 12.8 Å². The Hall–Kier alpha value is -2.87. The highest BCUT2D eigenvalue weighted by Crippen LogP contribution is 2.30. The number of nitrogens with one attached hydrogen (secondary N) is 1. The number of para-hydroxylation sites is 2. The molecule has 1 aliphatic rings. The summed E-state index contributed by atoms with van der Waals surface area (Å²) in [5, 5.41) is 2.79. The van der Waals surface area contributed by atoms with Crippen molar-refractivity contribution in [3.05, 3.63) is 52.5 Å². The normalized spacial score (nSPS) is 13.4. The molecule has 146 valence electrons. The fourth-order valence-electron chi connectivity index (χ4n) is 2.91. The molecule has 1 aliphatic heterocycles. The molecule has 0 radical (unpaired) electrons. The molecule has 0 saturated carbocycles. The molecule has 2 aromatic carbocycles. The minimum atomic E-state index is -0.460. The fourth-order valence-corrected chi connectivity index (χ4v) is 3.40. The summed E-state index contributed by atoms with van der Waals surface area (Å²) in [6.07, 6.45) is 1.32. The summed E-state index contributed by atoms with van der Waals surface area (Å²) < 4.78 is 10.7. The number of benzene rings is 2. The predicted molar refractivity (Wildman–Crippen MR) is 108 cm³/mol. The van der Waals surface area contributed by atoms with Crippen LogP contribution >= 0.6 is 15.9 Å². The van der Waals surface area contributed by atoms with Crippen molar-refractivity contribution in [3.63, 3.8) is 0 Å². The van der Waals surface area contributed by atoms with Gasteiger partial charge in [0.25, 0.3) is 5.91 Å². The third-order valence-corrected chi connectivity index (χ3v) is 4.87. The zero-order valence-electron chi connectivity index (χ0n) is 15.2. The number of halogens is 1. The Morgan fingerprint density at radius 1 is 1.21 bits per heavy atom. The lowest BCUT2D eigenvalue weighted by Gasteiger charge is -2.20. The van der Waals surface area contributed by atoms with E-state index in [0.717, 1.165) is 6.42 Å². The molecule has 0 bridgehead atoms. The van der Waals surface area contributed by atoms with Crippen LogP contribution in [-0.2, 0) is 14.3 Å². The van der Waals surface area contributed by atoms with E-state index in [-0.39, 0.29) is 18.4 Å². The molecule has 28 heavy (non-hydrogen) atoms. The average molecular weight is 447 g/mol. The van der Waals surface area contributed by atoms with Crippen molar-refractivity contribution >= 4 is 45.1 Å². The minimum Gasteiger partial charge on any atom is -0.483 e. The molecule has 2 aromatic rings. The molecular weight excluding hydrogens is 428 g/mol. The van der Waals surface area contributed by atoms with Crippen molar-refractivity contribution in [1.29, 1.82) is 0 Å². The second kappa shape index (κ2) is 8.88. The molecule has 2 amide bonds. The van der Waals surface area contributed by atoms with Crippen LogP contribution in [0.1, 0.15) is 23.2 Å². The topological polar surface area (TPSA) is 84.9 Å². The van der Waals surface area contributed by atoms with Gasteiger partial charge in [0.15, 0.2) is 6.61 Å². The predicted octanol–water partition coefficient (Wildman–Crippen LogP) is 3.38. The zero-order valence-corrected chi connectivity index (χ0v) is 16.8. The number of amides is 2. The van der Waals surface area contributed by atoms with Crippen molar-refractivity contribution in [2.24, 2.45) is 0 Å². The summed E-state index contributed by atoms with van der Waals surface area (Å²) in [6, 6.07) is 11.9. The summed E-state index contributed by atoms with van der Waals surface area (Å²) >= 11 is 3.32. The zero-order chi connectivity index (χ0) is 20.1. The number of carbonyl (C=O) groups is 3. The van der Waals surface area contributed by atoms with Crippen LogP contribution in [0, 0.1) is 0 Å². The van der Waals surface area contributed by atoms with Gasteiger partial charge >= 0.3 is 5.97 Å². The van der Waals surface area contributed by atoms with E-state index < -0.39 is 5.97 Å². The van der Waals surface area contributed by atoms with Crippen LogP contribution in [0.15, 0.2) is 46.9 Å². The van der Waals surface area contributed by atoms with Crippen molar-refractivity contribution in [2.75, 3.05) is 30.5 Å². The smallest absolute Gasteiger partial charge is 0.337 e. The fraction of sp³-hybridized carbons (Fsp3) is 0.250. The average Bonchev–Trinajstić information content (AvgIpc) is 3.12. The molecule has 7 nitrogen and oxygen atoms in total. The van der Waals surface area contributed by atoms with Gasteiger partial charge in [-0.05, 0) is 52.7 Å². The highest BCUT2D eigenvalue weighted by Gasteiger charge is 2.24. The number of methoxy groups -OCH3 is 1. The van der Waals surface area contributed by atoms with E-state index in [4.69, 9.17) is 4.74 Å².